The Labute approximate surface area is 370 Å². The molecule has 10 amide bonds. The van der Waals surface area contributed by atoms with Crippen molar-refractivity contribution in [1.29, 1.82) is 0 Å². The lowest BCUT2D eigenvalue weighted by Crippen LogP contribution is -2.60. The summed E-state index contributed by atoms with van der Waals surface area (Å²) < 4.78 is 0. The maximum atomic E-state index is 13.5. The summed E-state index contributed by atoms with van der Waals surface area (Å²) in [4.78, 5) is 139. The second kappa shape index (κ2) is 28.4. The zero-order chi connectivity index (χ0) is 48.0. The van der Waals surface area contributed by atoms with Gasteiger partial charge in [0.25, 0.3) is 0 Å². The van der Waals surface area contributed by atoms with E-state index in [0.717, 1.165) is 0 Å². The molecule has 0 aliphatic rings. The number of nitrogens with one attached hydrogen (secondary N) is 8. The lowest BCUT2D eigenvalue weighted by molar-refractivity contribution is -0.144. The predicted octanol–water partition coefficient (Wildman–Crippen LogP) is -4.14. The van der Waals surface area contributed by atoms with Crippen molar-refractivity contribution in [2.24, 2.45) is 29.0 Å². The molecule has 25 heteroatoms. The van der Waals surface area contributed by atoms with E-state index in [9.17, 15) is 57.8 Å². The Balaban J connectivity index is 5.82. The number of primary amides is 2. The first kappa shape index (κ1) is 56.8. The molecule has 0 aromatic rings. The average Bonchev–Trinajstić information content (AvgIpc) is 3.18. The molecule has 15 N–H and O–H groups in total. The van der Waals surface area contributed by atoms with Crippen molar-refractivity contribution in [3.63, 3.8) is 0 Å². The van der Waals surface area contributed by atoms with Crippen LogP contribution in [0.4, 0.5) is 0 Å². The van der Waals surface area contributed by atoms with Gasteiger partial charge >= 0.3 is 5.97 Å². The van der Waals surface area contributed by atoms with Crippen LogP contribution in [0.2, 0.25) is 0 Å². The molecule has 0 aliphatic carbocycles. The predicted molar refractivity (Wildman–Crippen MR) is 231 cm³/mol. The highest BCUT2D eigenvalue weighted by atomic mass is 32.2. The van der Waals surface area contributed by atoms with Gasteiger partial charge in [0.05, 0.1) is 18.9 Å². The molecule has 0 spiro atoms. The van der Waals surface area contributed by atoms with Crippen molar-refractivity contribution in [2.75, 3.05) is 17.8 Å². The zero-order valence-electron chi connectivity index (χ0n) is 36.3. The van der Waals surface area contributed by atoms with Crippen molar-refractivity contribution in [1.82, 2.24) is 42.5 Å². The van der Waals surface area contributed by atoms with Gasteiger partial charge in [-0.2, -0.15) is 24.4 Å². The Hall–Kier alpha value is -5.17. The minimum Gasteiger partial charge on any atom is -0.480 e. The van der Waals surface area contributed by atoms with Crippen LogP contribution in [0.1, 0.15) is 80.6 Å². The van der Waals surface area contributed by atoms with E-state index in [2.05, 4.69) is 55.2 Å². The molecule has 0 aliphatic heterocycles. The number of hydrogen-bond donors (Lipinski definition) is 13. The van der Waals surface area contributed by atoms with Crippen LogP contribution in [0.3, 0.4) is 0 Å². The minimum atomic E-state index is -1.58. The Bertz CT molecular complexity index is 1620. The van der Waals surface area contributed by atoms with E-state index in [4.69, 9.17) is 17.2 Å². The first-order valence-corrected chi connectivity index (χ1v) is 21.9. The zero-order valence-corrected chi connectivity index (χ0v) is 38.0. The first-order chi connectivity index (χ1) is 28.8. The normalized spacial score (nSPS) is 15.9. The van der Waals surface area contributed by atoms with Gasteiger partial charge in [-0.25, -0.2) is 4.79 Å². The number of thiol groups is 1. The van der Waals surface area contributed by atoms with Crippen LogP contribution in [0, 0.1) is 11.8 Å². The quantitative estimate of drug-likeness (QED) is 0.0317. The maximum absolute atomic E-state index is 13.5. The third kappa shape index (κ3) is 21.1. The molecule has 0 aromatic heterocycles. The fraction of sp³-hybridized carbons (Fsp3) is 0.703. The molecule has 0 saturated heterocycles. The smallest absolute Gasteiger partial charge is 0.326 e. The second-order valence-corrected chi connectivity index (χ2v) is 16.5. The number of thioether (sulfide) groups is 1. The van der Waals surface area contributed by atoms with Crippen LogP contribution >= 0.6 is 24.4 Å². The van der Waals surface area contributed by atoms with Gasteiger partial charge in [-0.15, -0.1) is 0 Å². The molecule has 0 fully saturated rings. The van der Waals surface area contributed by atoms with Gasteiger partial charge in [0.15, 0.2) is 0 Å². The Morgan fingerprint density at radius 1 is 0.565 bits per heavy atom. The van der Waals surface area contributed by atoms with Crippen molar-refractivity contribution in [3.05, 3.63) is 0 Å². The lowest BCUT2D eigenvalue weighted by atomic mass is 9.98. The fourth-order valence-corrected chi connectivity index (χ4v) is 6.09. The topological polar surface area (TPSA) is 382 Å². The van der Waals surface area contributed by atoms with Crippen LogP contribution < -0.4 is 59.7 Å². The molecule has 352 valence electrons. The molecule has 62 heavy (non-hydrogen) atoms. The second-order valence-electron chi connectivity index (χ2n) is 15.2. The van der Waals surface area contributed by atoms with Crippen molar-refractivity contribution >= 4 is 89.4 Å². The summed E-state index contributed by atoms with van der Waals surface area (Å²) in [6.45, 7) is 10.8. The minimum absolute atomic E-state index is 0.0437. The number of carbonyl (C=O) groups excluding carboxylic acids is 10. The van der Waals surface area contributed by atoms with Crippen molar-refractivity contribution < 1.29 is 57.8 Å². The number of amides is 10. The van der Waals surface area contributed by atoms with E-state index < -0.39 is 138 Å². The Morgan fingerprint density at radius 3 is 1.42 bits per heavy atom. The number of carboxylic acid groups (broad SMARTS) is 1. The summed E-state index contributed by atoms with van der Waals surface area (Å²) in [5, 5.41) is 29.0. The van der Waals surface area contributed by atoms with E-state index in [0.29, 0.717) is 12.2 Å². The highest BCUT2D eigenvalue weighted by Gasteiger charge is 2.34. The number of rotatable bonds is 29. The molecule has 0 aromatic carbocycles. The van der Waals surface area contributed by atoms with Crippen LogP contribution in [0.15, 0.2) is 0 Å². The average molecular weight is 920 g/mol. The van der Waals surface area contributed by atoms with Crippen LogP contribution in [0.25, 0.3) is 0 Å². The number of carbonyl (C=O) groups is 11. The number of aliphatic carboxylic acids is 1. The van der Waals surface area contributed by atoms with E-state index in [1.807, 2.05) is 0 Å². The number of nitrogens with two attached hydrogens (primary N) is 3. The molecule has 0 rings (SSSR count). The molecular formula is C37H65N11O12S2. The molecule has 23 nitrogen and oxygen atoms in total. The van der Waals surface area contributed by atoms with Gasteiger partial charge in [0.1, 0.15) is 48.3 Å². The third-order valence-electron chi connectivity index (χ3n) is 9.23. The maximum Gasteiger partial charge on any atom is 0.326 e. The monoisotopic (exact) mass is 919 g/mol. The summed E-state index contributed by atoms with van der Waals surface area (Å²) in [5.74, 6) is -10.4. The lowest BCUT2D eigenvalue weighted by Gasteiger charge is -2.27. The highest BCUT2D eigenvalue weighted by Crippen LogP contribution is 2.11. The van der Waals surface area contributed by atoms with Crippen LogP contribution in [0.5, 0.6) is 0 Å². The van der Waals surface area contributed by atoms with Gasteiger partial charge in [-0.1, -0.05) is 34.1 Å². The molecule has 0 radical (unpaired) electrons. The van der Waals surface area contributed by atoms with Gasteiger partial charge < -0.3 is 64.8 Å². The van der Waals surface area contributed by atoms with E-state index in [1.54, 1.807) is 34.0 Å². The van der Waals surface area contributed by atoms with Gasteiger partial charge in [0, 0.05) is 5.75 Å². The first-order valence-electron chi connectivity index (χ1n) is 19.9. The fourth-order valence-electron chi connectivity index (χ4n) is 5.37. The largest absolute Gasteiger partial charge is 0.480 e. The van der Waals surface area contributed by atoms with E-state index >= 15 is 0 Å². The third-order valence-corrected chi connectivity index (χ3v) is 10.2. The molecule has 10 atom stereocenters. The number of hydrogen-bond acceptors (Lipinski definition) is 14. The number of carboxylic acids is 1. The molecule has 0 unspecified atom stereocenters. The SMILES string of the molecule is CC[C@H](C)[C@H](NC(=O)[C@H](CC(N)=O)NC(=O)[C@H](CC(C)C)NC(=O)[C@H](C)NC(=O)[C@H](CCSC)NC(=O)[C@H](CS)NC(=O)[C@H](C)NC(=O)[C@H](C)NC(=O)[C@@H](N)CC(N)=O)C(=O)O. The summed E-state index contributed by atoms with van der Waals surface area (Å²) in [6, 6.07) is -11.7. The van der Waals surface area contributed by atoms with Crippen molar-refractivity contribution in [2.45, 2.75) is 135 Å². The standard InChI is InChI=1S/C37H65N11O12S2/c1-9-17(4)28(37(59)60)48-35(57)24(14-27(40)50)46-34(56)23(12-16(2)3)45-30(52)20(7)43-33(55)22(10-11-62-8)44-36(58)25(15-61)47-31(53)19(6)41-29(51)18(5)42-32(54)21(38)13-26(39)49/h16-25,28,61H,9-15,38H2,1-8H3,(H2,39,49)(H2,40,50)(H,41,51)(H,42,54)(H,43,55)(H,44,58)(H,45,52)(H,46,56)(H,47,53)(H,48,57)(H,59,60)/t17-,18-,19-,20-,21-,22-,23-,24-,25-,28-/m0/s1. The van der Waals surface area contributed by atoms with E-state index in [1.165, 1.54) is 32.5 Å². The Morgan fingerprint density at radius 2 is 0.968 bits per heavy atom. The molecular weight excluding hydrogens is 855 g/mol. The summed E-state index contributed by atoms with van der Waals surface area (Å²) in [7, 11) is 0. The van der Waals surface area contributed by atoms with Gasteiger partial charge in [-0.05, 0) is 57.5 Å². The van der Waals surface area contributed by atoms with E-state index in [-0.39, 0.29) is 24.5 Å². The highest BCUT2D eigenvalue weighted by molar-refractivity contribution is 7.98. The molecule has 0 saturated carbocycles. The van der Waals surface area contributed by atoms with Gasteiger partial charge in [-0.3, -0.25) is 47.9 Å². The summed E-state index contributed by atoms with van der Waals surface area (Å²) in [5.41, 5.74) is 15.9. The van der Waals surface area contributed by atoms with Crippen molar-refractivity contribution in [3.8, 4) is 0 Å². The van der Waals surface area contributed by atoms with Gasteiger partial charge in [0.2, 0.25) is 59.1 Å². The molecule has 0 heterocycles. The summed E-state index contributed by atoms with van der Waals surface area (Å²) in [6.07, 6.45) is 1.16. The molecule has 0 bridgehead atoms. The Kier molecular flexibility index (Phi) is 26.1. The van der Waals surface area contributed by atoms with Crippen LogP contribution in [-0.4, -0.2) is 142 Å². The summed E-state index contributed by atoms with van der Waals surface area (Å²) >= 11 is 5.51. The van der Waals surface area contributed by atoms with Crippen LogP contribution in [-0.2, 0) is 52.7 Å².